The molecule has 132 valence electrons. The molecule has 0 unspecified atom stereocenters. The number of aliphatic carboxylic acids is 1. The number of anilines is 1. The highest BCUT2D eigenvalue weighted by molar-refractivity contribution is 5.95. The molecule has 1 atom stereocenters. The Morgan fingerprint density at radius 3 is 2.52 bits per heavy atom. The van der Waals surface area contributed by atoms with Crippen LogP contribution in [0, 0.1) is 6.92 Å². The van der Waals surface area contributed by atoms with Crippen molar-refractivity contribution in [2.75, 3.05) is 11.9 Å². The molecule has 2 rings (SSSR count). The number of amides is 1. The summed E-state index contributed by atoms with van der Waals surface area (Å²) >= 11 is 0. The lowest BCUT2D eigenvalue weighted by Gasteiger charge is -2.15. The highest BCUT2D eigenvalue weighted by Crippen LogP contribution is 2.24. The maximum atomic E-state index is 12.1. The number of carboxylic acids is 1. The van der Waals surface area contributed by atoms with E-state index in [0.29, 0.717) is 13.0 Å². The first-order valence-electron chi connectivity index (χ1n) is 8.05. The number of aryl methyl sites for hydroxylation is 1. The van der Waals surface area contributed by atoms with Crippen molar-refractivity contribution in [3.05, 3.63) is 59.7 Å². The minimum Gasteiger partial charge on any atom is -0.506 e. The first-order chi connectivity index (χ1) is 12.0. The predicted molar refractivity (Wildman–Crippen MR) is 95.7 cm³/mol. The van der Waals surface area contributed by atoms with E-state index >= 15 is 0 Å². The second-order valence-electron chi connectivity index (χ2n) is 5.85. The molecule has 0 heterocycles. The van der Waals surface area contributed by atoms with Crippen molar-refractivity contribution in [1.82, 2.24) is 5.32 Å². The monoisotopic (exact) mass is 342 g/mol. The molecule has 0 aromatic heterocycles. The standard InChI is InChI=1S/C19H22N2O4/c1-13-7-8-17(22)15(11-13)21-18(23)12-16(19(24)25)20-10-9-14-5-3-2-4-6-14/h2-8,11,16,20,22H,9-10,12H2,1H3,(H,21,23)(H,24,25)/t16-/m1/s1. The van der Waals surface area contributed by atoms with E-state index < -0.39 is 17.9 Å². The lowest BCUT2D eigenvalue weighted by Crippen LogP contribution is -2.40. The zero-order valence-corrected chi connectivity index (χ0v) is 14.0. The number of benzene rings is 2. The Balaban J connectivity index is 1.88. The molecule has 0 bridgehead atoms. The van der Waals surface area contributed by atoms with Crippen LogP contribution < -0.4 is 10.6 Å². The zero-order chi connectivity index (χ0) is 18.2. The maximum absolute atomic E-state index is 12.1. The number of carbonyl (C=O) groups excluding carboxylic acids is 1. The fourth-order valence-corrected chi connectivity index (χ4v) is 2.42. The molecule has 6 heteroatoms. The fraction of sp³-hybridized carbons (Fsp3) is 0.263. The van der Waals surface area contributed by atoms with Gasteiger partial charge in [-0.1, -0.05) is 36.4 Å². The summed E-state index contributed by atoms with van der Waals surface area (Å²) in [5, 5.41) is 24.5. The molecule has 0 aliphatic rings. The van der Waals surface area contributed by atoms with Gasteiger partial charge in [0, 0.05) is 0 Å². The fourth-order valence-electron chi connectivity index (χ4n) is 2.42. The van der Waals surface area contributed by atoms with Crippen LogP contribution >= 0.6 is 0 Å². The van der Waals surface area contributed by atoms with Crippen molar-refractivity contribution in [1.29, 1.82) is 0 Å². The molecule has 0 saturated carbocycles. The molecular weight excluding hydrogens is 320 g/mol. The summed E-state index contributed by atoms with van der Waals surface area (Å²) < 4.78 is 0. The number of carboxylic acid groups (broad SMARTS) is 1. The molecular formula is C19H22N2O4. The van der Waals surface area contributed by atoms with Gasteiger partial charge in [0.15, 0.2) is 0 Å². The quantitative estimate of drug-likeness (QED) is 0.552. The topological polar surface area (TPSA) is 98.7 Å². The van der Waals surface area contributed by atoms with Gasteiger partial charge in [0.05, 0.1) is 12.1 Å². The van der Waals surface area contributed by atoms with Gasteiger partial charge >= 0.3 is 5.97 Å². The number of nitrogens with one attached hydrogen (secondary N) is 2. The average molecular weight is 342 g/mol. The number of phenolic OH excluding ortho intramolecular Hbond substituents is 1. The van der Waals surface area contributed by atoms with E-state index in [-0.39, 0.29) is 17.9 Å². The van der Waals surface area contributed by atoms with Crippen molar-refractivity contribution in [2.45, 2.75) is 25.8 Å². The van der Waals surface area contributed by atoms with E-state index in [4.69, 9.17) is 0 Å². The summed E-state index contributed by atoms with van der Waals surface area (Å²) in [6.45, 7) is 2.28. The van der Waals surface area contributed by atoms with Crippen molar-refractivity contribution >= 4 is 17.6 Å². The third kappa shape index (κ3) is 5.93. The van der Waals surface area contributed by atoms with Crippen LogP contribution in [0.5, 0.6) is 5.75 Å². The number of rotatable bonds is 8. The summed E-state index contributed by atoms with van der Waals surface area (Å²) in [6.07, 6.45) is 0.447. The van der Waals surface area contributed by atoms with Crippen LogP contribution in [0.15, 0.2) is 48.5 Å². The zero-order valence-electron chi connectivity index (χ0n) is 14.0. The molecule has 2 aromatic carbocycles. The highest BCUT2D eigenvalue weighted by Gasteiger charge is 2.21. The number of carbonyl (C=O) groups is 2. The molecule has 0 saturated heterocycles. The van der Waals surface area contributed by atoms with Crippen LogP contribution in [0.1, 0.15) is 17.5 Å². The first kappa shape index (κ1) is 18.5. The molecule has 4 N–H and O–H groups in total. The van der Waals surface area contributed by atoms with Gasteiger partial charge < -0.3 is 20.8 Å². The van der Waals surface area contributed by atoms with Gasteiger partial charge in [0.1, 0.15) is 11.8 Å². The second kappa shape index (κ2) is 8.84. The molecule has 1 amide bonds. The van der Waals surface area contributed by atoms with Crippen LogP contribution in [-0.4, -0.2) is 34.7 Å². The molecule has 0 fully saturated rings. The van der Waals surface area contributed by atoms with Crippen LogP contribution in [0.4, 0.5) is 5.69 Å². The minimum atomic E-state index is -1.09. The lowest BCUT2D eigenvalue weighted by molar-refractivity contribution is -0.141. The van der Waals surface area contributed by atoms with Crippen molar-refractivity contribution in [3.8, 4) is 5.75 Å². The van der Waals surface area contributed by atoms with Gasteiger partial charge in [-0.25, -0.2) is 0 Å². The van der Waals surface area contributed by atoms with E-state index in [2.05, 4.69) is 10.6 Å². The molecule has 6 nitrogen and oxygen atoms in total. The average Bonchev–Trinajstić information content (AvgIpc) is 2.58. The number of hydrogen-bond donors (Lipinski definition) is 4. The highest BCUT2D eigenvalue weighted by atomic mass is 16.4. The van der Waals surface area contributed by atoms with E-state index in [0.717, 1.165) is 11.1 Å². The molecule has 0 radical (unpaired) electrons. The van der Waals surface area contributed by atoms with Crippen LogP contribution in [-0.2, 0) is 16.0 Å². The van der Waals surface area contributed by atoms with E-state index in [1.165, 1.54) is 6.07 Å². The maximum Gasteiger partial charge on any atom is 0.321 e. The third-order valence-corrected chi connectivity index (χ3v) is 3.76. The largest absolute Gasteiger partial charge is 0.506 e. The van der Waals surface area contributed by atoms with E-state index in [1.807, 2.05) is 37.3 Å². The summed E-state index contributed by atoms with van der Waals surface area (Å²) in [5.41, 5.74) is 2.25. The molecule has 0 aliphatic carbocycles. The molecule has 0 aliphatic heterocycles. The van der Waals surface area contributed by atoms with Crippen LogP contribution in [0.3, 0.4) is 0 Å². The van der Waals surface area contributed by atoms with Crippen molar-refractivity contribution in [3.63, 3.8) is 0 Å². The Kier molecular flexibility index (Phi) is 6.54. The Morgan fingerprint density at radius 2 is 1.84 bits per heavy atom. The van der Waals surface area contributed by atoms with Crippen molar-refractivity contribution in [2.24, 2.45) is 0 Å². The van der Waals surface area contributed by atoms with E-state index in [1.54, 1.807) is 12.1 Å². The number of aromatic hydroxyl groups is 1. The molecule has 0 spiro atoms. The summed E-state index contributed by atoms with van der Waals surface area (Å²) in [7, 11) is 0. The second-order valence-corrected chi connectivity index (χ2v) is 5.85. The van der Waals surface area contributed by atoms with Gasteiger partial charge in [-0.2, -0.15) is 0 Å². The summed E-state index contributed by atoms with van der Waals surface area (Å²) in [4.78, 5) is 23.5. The van der Waals surface area contributed by atoms with Gasteiger partial charge in [-0.15, -0.1) is 0 Å². The number of hydrogen-bond acceptors (Lipinski definition) is 4. The SMILES string of the molecule is Cc1ccc(O)c(NC(=O)C[C@@H](NCCc2ccccc2)C(=O)O)c1. The molecule has 25 heavy (non-hydrogen) atoms. The first-order valence-corrected chi connectivity index (χ1v) is 8.05. The lowest BCUT2D eigenvalue weighted by atomic mass is 10.1. The van der Waals surface area contributed by atoms with Gasteiger partial charge in [0.2, 0.25) is 5.91 Å². The van der Waals surface area contributed by atoms with Gasteiger partial charge in [-0.05, 0) is 43.1 Å². The summed E-state index contributed by atoms with van der Waals surface area (Å²) in [5.74, 6) is -1.61. The number of phenols is 1. The summed E-state index contributed by atoms with van der Waals surface area (Å²) in [6, 6.07) is 13.5. The van der Waals surface area contributed by atoms with Crippen molar-refractivity contribution < 1.29 is 19.8 Å². The smallest absolute Gasteiger partial charge is 0.321 e. The molecule has 2 aromatic rings. The Bertz CT molecular complexity index is 731. The minimum absolute atomic E-state index is 0.0529. The Morgan fingerprint density at radius 1 is 1.12 bits per heavy atom. The van der Waals surface area contributed by atoms with E-state index in [9.17, 15) is 19.8 Å². The van der Waals surface area contributed by atoms with Crippen LogP contribution in [0.25, 0.3) is 0 Å². The predicted octanol–water partition coefficient (Wildman–Crippen LogP) is 2.31. The Hall–Kier alpha value is -2.86. The van der Waals surface area contributed by atoms with Crippen LogP contribution in [0.2, 0.25) is 0 Å². The third-order valence-electron chi connectivity index (χ3n) is 3.76. The Labute approximate surface area is 146 Å². The normalized spacial score (nSPS) is 11.7. The van der Waals surface area contributed by atoms with Gasteiger partial charge in [-0.3, -0.25) is 9.59 Å². The van der Waals surface area contributed by atoms with Gasteiger partial charge in [0.25, 0.3) is 0 Å².